The van der Waals surface area contributed by atoms with Gasteiger partial charge in [0.05, 0.1) is 29.0 Å². The summed E-state index contributed by atoms with van der Waals surface area (Å²) in [4.78, 5) is 35.3. The minimum atomic E-state index is -0.570. The first-order chi connectivity index (χ1) is 15.1. The van der Waals surface area contributed by atoms with Crippen molar-refractivity contribution >= 4 is 57.8 Å². The minimum absolute atomic E-state index is 0.0269. The lowest BCUT2D eigenvalue weighted by Crippen LogP contribution is -2.28. The second-order valence-corrected chi connectivity index (χ2v) is 9.33. The summed E-state index contributed by atoms with van der Waals surface area (Å²) >= 11 is 4.37. The van der Waals surface area contributed by atoms with Crippen LogP contribution in [-0.2, 0) is 9.53 Å². The molecule has 2 N–H and O–H groups in total. The Labute approximate surface area is 191 Å². The van der Waals surface area contributed by atoms with Gasteiger partial charge in [-0.15, -0.1) is 22.7 Å². The summed E-state index contributed by atoms with van der Waals surface area (Å²) in [6.07, 6.45) is 2.00. The number of rotatable bonds is 7. The Hall–Kier alpha value is -2.76. The van der Waals surface area contributed by atoms with E-state index in [4.69, 9.17) is 10.5 Å². The van der Waals surface area contributed by atoms with Gasteiger partial charge in [-0.3, -0.25) is 4.79 Å². The van der Waals surface area contributed by atoms with Gasteiger partial charge in [0, 0.05) is 17.5 Å². The molecule has 1 atom stereocenters. The molecule has 160 valence electrons. The highest BCUT2D eigenvalue weighted by molar-refractivity contribution is 7.99. The Bertz CT molecular complexity index is 1100. The van der Waals surface area contributed by atoms with Crippen molar-refractivity contribution in [3.8, 4) is 0 Å². The van der Waals surface area contributed by atoms with E-state index in [0.717, 1.165) is 27.2 Å². The van der Waals surface area contributed by atoms with Crippen LogP contribution >= 0.6 is 34.4 Å². The zero-order valence-electron chi connectivity index (χ0n) is 16.6. The van der Waals surface area contributed by atoms with Crippen molar-refractivity contribution in [2.75, 3.05) is 18.1 Å². The number of hydrogen-bond donors (Lipinski definition) is 1. The smallest absolute Gasteiger partial charge is 0.343 e. The first kappa shape index (κ1) is 21.5. The quantitative estimate of drug-likeness (QED) is 0.315. The van der Waals surface area contributed by atoms with Gasteiger partial charge < -0.3 is 10.5 Å². The predicted octanol–water partition coefficient (Wildman–Crippen LogP) is 3.83. The first-order valence-corrected chi connectivity index (χ1v) is 12.2. The van der Waals surface area contributed by atoms with Crippen LogP contribution in [0.5, 0.6) is 0 Å². The molecule has 0 radical (unpaired) electrons. The monoisotopic (exact) mass is 473 g/mol. The van der Waals surface area contributed by atoms with Crippen molar-refractivity contribution in [1.82, 2.24) is 15.0 Å². The van der Waals surface area contributed by atoms with Crippen LogP contribution in [0, 0.1) is 0 Å². The van der Waals surface area contributed by atoms with Gasteiger partial charge in [-0.25, -0.2) is 19.8 Å². The van der Waals surface area contributed by atoms with Crippen LogP contribution in [0.15, 0.2) is 51.5 Å². The summed E-state index contributed by atoms with van der Waals surface area (Å²) in [5, 5.41) is 10.5. The third kappa shape index (κ3) is 4.78. The summed E-state index contributed by atoms with van der Waals surface area (Å²) in [6, 6.07) is 7.86. The third-order valence-electron chi connectivity index (χ3n) is 4.46. The number of carbonyl (C=O) groups excluding carboxylic acids is 2. The Morgan fingerprint density at radius 2 is 2.10 bits per heavy atom. The zero-order chi connectivity index (χ0) is 21.8. The lowest BCUT2D eigenvalue weighted by molar-refractivity contribution is -0.130. The molecule has 4 rings (SSSR count). The van der Waals surface area contributed by atoms with Crippen LogP contribution in [0.3, 0.4) is 0 Å². The van der Waals surface area contributed by atoms with E-state index >= 15 is 0 Å². The Kier molecular flexibility index (Phi) is 6.64. The van der Waals surface area contributed by atoms with Crippen LogP contribution < -0.4 is 5.73 Å². The maximum atomic E-state index is 13.0. The number of nitrogens with zero attached hydrogens (tertiary/aromatic N) is 4. The molecule has 0 saturated carbocycles. The zero-order valence-corrected chi connectivity index (χ0v) is 19.0. The summed E-state index contributed by atoms with van der Waals surface area (Å²) < 4.78 is 4.92. The molecule has 0 saturated heterocycles. The fourth-order valence-electron chi connectivity index (χ4n) is 3.04. The number of aromatic nitrogens is 2. The molecule has 0 aromatic carbocycles. The molecular weight excluding hydrogens is 454 g/mol. The molecule has 4 heterocycles. The average Bonchev–Trinajstić information content (AvgIpc) is 3.53. The summed E-state index contributed by atoms with van der Waals surface area (Å²) in [6.45, 7) is 1.94. The van der Waals surface area contributed by atoms with Crippen molar-refractivity contribution in [2.24, 2.45) is 5.10 Å². The van der Waals surface area contributed by atoms with Crippen molar-refractivity contribution in [3.05, 3.63) is 56.5 Å². The van der Waals surface area contributed by atoms with E-state index in [-0.39, 0.29) is 35.7 Å². The summed E-state index contributed by atoms with van der Waals surface area (Å²) in [7, 11) is 0. The van der Waals surface area contributed by atoms with Gasteiger partial charge in [0.15, 0.2) is 5.16 Å². The van der Waals surface area contributed by atoms with Gasteiger partial charge in [-0.05, 0) is 29.8 Å². The fraction of sp³-hybridized carbons (Fsp3) is 0.250. The fourth-order valence-corrected chi connectivity index (χ4v) is 5.25. The van der Waals surface area contributed by atoms with Gasteiger partial charge in [-0.1, -0.05) is 23.9 Å². The van der Waals surface area contributed by atoms with Crippen molar-refractivity contribution < 1.29 is 14.3 Å². The maximum Gasteiger partial charge on any atom is 0.343 e. The molecule has 0 aliphatic carbocycles. The highest BCUT2D eigenvalue weighted by Crippen LogP contribution is 2.36. The second-order valence-electron chi connectivity index (χ2n) is 6.46. The first-order valence-electron chi connectivity index (χ1n) is 9.46. The molecular formula is C20H19N5O3S3. The topological polar surface area (TPSA) is 111 Å². The van der Waals surface area contributed by atoms with Crippen molar-refractivity contribution in [1.29, 1.82) is 0 Å². The van der Waals surface area contributed by atoms with E-state index in [1.165, 1.54) is 6.20 Å². The number of hydrogen-bond acceptors (Lipinski definition) is 10. The summed E-state index contributed by atoms with van der Waals surface area (Å²) in [5.41, 5.74) is 6.88. The highest BCUT2D eigenvalue weighted by atomic mass is 32.2. The lowest BCUT2D eigenvalue weighted by atomic mass is 10.1. The van der Waals surface area contributed by atoms with Gasteiger partial charge in [0.25, 0.3) is 5.91 Å². The molecule has 0 bridgehead atoms. The van der Waals surface area contributed by atoms with Gasteiger partial charge in [0.1, 0.15) is 11.4 Å². The number of carbonyl (C=O) groups is 2. The molecule has 3 aromatic heterocycles. The summed E-state index contributed by atoms with van der Waals surface area (Å²) in [5.74, 6) is -0.592. The number of esters is 1. The van der Waals surface area contributed by atoms with Gasteiger partial charge >= 0.3 is 5.97 Å². The molecule has 31 heavy (non-hydrogen) atoms. The number of thiophene rings is 2. The van der Waals surface area contributed by atoms with E-state index in [2.05, 4.69) is 15.1 Å². The SMILES string of the molecule is CCOC(=O)c1cnc(SCC(=O)N2N=C(c3cccs3)C[C@H]2c2cccs2)nc1N. The van der Waals surface area contributed by atoms with E-state index < -0.39 is 5.97 Å². The number of anilines is 1. The van der Waals surface area contributed by atoms with E-state index in [1.54, 1.807) is 34.6 Å². The number of nitrogen functional groups attached to an aromatic ring is 1. The number of hydrazone groups is 1. The average molecular weight is 474 g/mol. The van der Waals surface area contributed by atoms with Crippen LogP contribution in [-0.4, -0.2) is 44.9 Å². The van der Waals surface area contributed by atoms with Crippen LogP contribution in [0.1, 0.15) is 39.5 Å². The normalized spacial score (nSPS) is 15.7. The minimum Gasteiger partial charge on any atom is -0.462 e. The Morgan fingerprint density at radius 3 is 2.77 bits per heavy atom. The largest absolute Gasteiger partial charge is 0.462 e. The Balaban J connectivity index is 1.47. The molecule has 1 aliphatic heterocycles. The molecule has 0 unspecified atom stereocenters. The van der Waals surface area contributed by atoms with Crippen LogP contribution in [0.25, 0.3) is 0 Å². The molecule has 8 nitrogen and oxygen atoms in total. The molecule has 3 aromatic rings. The highest BCUT2D eigenvalue weighted by Gasteiger charge is 2.34. The van der Waals surface area contributed by atoms with E-state index in [9.17, 15) is 9.59 Å². The van der Waals surface area contributed by atoms with Crippen molar-refractivity contribution in [3.63, 3.8) is 0 Å². The Morgan fingerprint density at radius 1 is 1.29 bits per heavy atom. The van der Waals surface area contributed by atoms with Gasteiger partial charge in [0.2, 0.25) is 0 Å². The molecule has 0 fully saturated rings. The number of nitrogens with two attached hydrogens (primary N) is 1. The number of amides is 1. The molecule has 1 aliphatic rings. The predicted molar refractivity (Wildman–Crippen MR) is 123 cm³/mol. The van der Waals surface area contributed by atoms with Crippen LogP contribution in [0.2, 0.25) is 0 Å². The van der Waals surface area contributed by atoms with Crippen molar-refractivity contribution in [2.45, 2.75) is 24.5 Å². The molecule has 11 heteroatoms. The van der Waals surface area contributed by atoms with E-state index in [1.807, 2.05) is 35.0 Å². The molecule has 0 spiro atoms. The maximum absolute atomic E-state index is 13.0. The second kappa shape index (κ2) is 9.58. The van der Waals surface area contributed by atoms with Crippen LogP contribution in [0.4, 0.5) is 5.82 Å². The molecule has 1 amide bonds. The number of thioether (sulfide) groups is 1. The van der Waals surface area contributed by atoms with Gasteiger partial charge in [-0.2, -0.15) is 5.10 Å². The lowest BCUT2D eigenvalue weighted by Gasteiger charge is -2.20. The number of ether oxygens (including phenoxy) is 1. The van der Waals surface area contributed by atoms with E-state index in [0.29, 0.717) is 11.6 Å². The third-order valence-corrected chi connectivity index (χ3v) is 7.20. The standard InChI is InChI=1S/C20H19N5O3S3/c1-2-28-19(27)12-10-22-20(23-18(12)21)31-11-17(26)25-14(16-6-4-8-30-16)9-13(24-25)15-5-3-7-29-15/h3-8,10,14H,2,9,11H2,1H3,(H2,21,22,23)/t14-/m0/s1.